The van der Waals surface area contributed by atoms with Crippen LogP contribution in [0.5, 0.6) is 0 Å². The Morgan fingerprint density at radius 3 is 2.67 bits per heavy atom. The zero-order chi connectivity index (χ0) is 13.0. The van der Waals surface area contributed by atoms with Crippen molar-refractivity contribution in [3.63, 3.8) is 0 Å². The molecule has 0 bridgehead atoms. The van der Waals surface area contributed by atoms with Crippen LogP contribution in [0, 0.1) is 6.92 Å². The molecule has 1 N–H and O–H groups in total. The maximum atomic E-state index is 11.8. The SMILES string of the molecule is C/C(=N/NC(=O)c1snnc1C)c1ccccc1. The van der Waals surface area contributed by atoms with Crippen molar-refractivity contribution in [2.75, 3.05) is 0 Å². The minimum atomic E-state index is -0.280. The van der Waals surface area contributed by atoms with Crippen LogP contribution in [0.15, 0.2) is 35.4 Å². The first-order valence-corrected chi connectivity index (χ1v) is 6.15. The van der Waals surface area contributed by atoms with E-state index in [4.69, 9.17) is 0 Å². The molecule has 0 aliphatic heterocycles. The standard InChI is InChI=1S/C12H12N4OS/c1-8(10-6-4-3-5-7-10)13-15-12(17)11-9(2)14-16-18-11/h3-7H,1-2H3,(H,15,17)/b13-8-. The summed E-state index contributed by atoms with van der Waals surface area (Å²) in [6.07, 6.45) is 0. The predicted molar refractivity (Wildman–Crippen MR) is 70.8 cm³/mol. The summed E-state index contributed by atoms with van der Waals surface area (Å²) in [4.78, 5) is 12.3. The number of rotatable bonds is 3. The Hall–Kier alpha value is -2.08. The Labute approximate surface area is 109 Å². The summed E-state index contributed by atoms with van der Waals surface area (Å²) in [6.45, 7) is 3.58. The normalized spacial score (nSPS) is 11.3. The molecule has 92 valence electrons. The number of carbonyl (C=O) groups is 1. The van der Waals surface area contributed by atoms with Gasteiger partial charge in [0.1, 0.15) is 4.88 Å². The van der Waals surface area contributed by atoms with Gasteiger partial charge in [-0.15, -0.1) is 5.10 Å². The lowest BCUT2D eigenvalue weighted by Crippen LogP contribution is -2.19. The summed E-state index contributed by atoms with van der Waals surface area (Å²) in [5.74, 6) is -0.280. The summed E-state index contributed by atoms with van der Waals surface area (Å²) in [6, 6.07) is 9.65. The van der Waals surface area contributed by atoms with Gasteiger partial charge in [-0.1, -0.05) is 34.8 Å². The lowest BCUT2D eigenvalue weighted by atomic mass is 10.1. The van der Waals surface area contributed by atoms with Crippen LogP contribution in [0.2, 0.25) is 0 Å². The minimum Gasteiger partial charge on any atom is -0.266 e. The first-order valence-electron chi connectivity index (χ1n) is 5.37. The van der Waals surface area contributed by atoms with E-state index in [0.29, 0.717) is 10.6 Å². The maximum Gasteiger partial charge on any atom is 0.285 e. The maximum absolute atomic E-state index is 11.8. The van der Waals surface area contributed by atoms with E-state index >= 15 is 0 Å². The second-order valence-corrected chi connectivity index (χ2v) is 4.45. The highest BCUT2D eigenvalue weighted by Gasteiger charge is 2.12. The molecule has 0 fully saturated rings. The zero-order valence-electron chi connectivity index (χ0n) is 10.0. The number of aryl methyl sites for hydroxylation is 1. The van der Waals surface area contributed by atoms with Gasteiger partial charge in [-0.05, 0) is 30.9 Å². The number of nitrogens with one attached hydrogen (secondary N) is 1. The number of hydrogen-bond acceptors (Lipinski definition) is 5. The fourth-order valence-electron chi connectivity index (χ4n) is 1.37. The summed E-state index contributed by atoms with van der Waals surface area (Å²) < 4.78 is 3.71. The number of hydrazone groups is 1. The number of hydrogen-bond donors (Lipinski definition) is 1. The molecule has 1 heterocycles. The Bertz CT molecular complexity index is 577. The first-order chi connectivity index (χ1) is 8.68. The number of amides is 1. The molecule has 0 spiro atoms. The van der Waals surface area contributed by atoms with Crippen LogP contribution in [-0.4, -0.2) is 21.2 Å². The summed E-state index contributed by atoms with van der Waals surface area (Å²) in [5, 5.41) is 7.84. The van der Waals surface area contributed by atoms with E-state index in [1.54, 1.807) is 6.92 Å². The van der Waals surface area contributed by atoms with Crippen LogP contribution in [-0.2, 0) is 0 Å². The first kappa shape index (κ1) is 12.4. The number of benzene rings is 1. The van der Waals surface area contributed by atoms with Crippen molar-refractivity contribution in [2.24, 2.45) is 5.10 Å². The third kappa shape index (κ3) is 2.78. The van der Waals surface area contributed by atoms with Gasteiger partial charge >= 0.3 is 0 Å². The van der Waals surface area contributed by atoms with E-state index in [-0.39, 0.29) is 5.91 Å². The molecule has 0 atom stereocenters. The van der Waals surface area contributed by atoms with Gasteiger partial charge in [-0.2, -0.15) is 5.10 Å². The molecular weight excluding hydrogens is 248 g/mol. The third-order valence-electron chi connectivity index (χ3n) is 2.37. The molecule has 5 nitrogen and oxygen atoms in total. The Morgan fingerprint density at radius 1 is 1.33 bits per heavy atom. The monoisotopic (exact) mass is 260 g/mol. The van der Waals surface area contributed by atoms with Crippen molar-refractivity contribution in [3.05, 3.63) is 46.5 Å². The Balaban J connectivity index is 2.08. The lowest BCUT2D eigenvalue weighted by molar-refractivity contribution is 0.0958. The molecule has 2 rings (SSSR count). The van der Waals surface area contributed by atoms with Crippen molar-refractivity contribution < 1.29 is 4.79 Å². The van der Waals surface area contributed by atoms with Crippen LogP contribution >= 0.6 is 11.5 Å². The Kier molecular flexibility index (Phi) is 3.78. The molecule has 0 radical (unpaired) electrons. The zero-order valence-corrected chi connectivity index (χ0v) is 10.9. The van der Waals surface area contributed by atoms with Gasteiger partial charge in [0.25, 0.3) is 5.91 Å². The van der Waals surface area contributed by atoms with Crippen molar-refractivity contribution in [3.8, 4) is 0 Å². The van der Waals surface area contributed by atoms with Crippen molar-refractivity contribution >= 4 is 23.2 Å². The highest BCUT2D eigenvalue weighted by Crippen LogP contribution is 2.08. The molecule has 2 aromatic rings. The second kappa shape index (κ2) is 5.50. The van der Waals surface area contributed by atoms with Crippen LogP contribution in [0.3, 0.4) is 0 Å². The minimum absolute atomic E-state index is 0.280. The van der Waals surface area contributed by atoms with Gasteiger partial charge < -0.3 is 0 Å². The van der Waals surface area contributed by atoms with Gasteiger partial charge in [-0.25, -0.2) is 5.43 Å². The number of nitrogens with zero attached hydrogens (tertiary/aromatic N) is 3. The molecule has 0 saturated carbocycles. The molecular formula is C12H12N4OS. The van der Waals surface area contributed by atoms with Crippen LogP contribution in [0.4, 0.5) is 0 Å². The molecule has 0 aliphatic carbocycles. The lowest BCUT2D eigenvalue weighted by Gasteiger charge is -2.01. The molecule has 1 aromatic carbocycles. The van der Waals surface area contributed by atoms with Gasteiger partial charge in [-0.3, -0.25) is 4.79 Å². The summed E-state index contributed by atoms with van der Waals surface area (Å²) in [5.41, 5.74) is 4.84. The highest BCUT2D eigenvalue weighted by molar-refractivity contribution is 7.07. The van der Waals surface area contributed by atoms with Crippen LogP contribution < -0.4 is 5.43 Å². The van der Waals surface area contributed by atoms with Crippen molar-refractivity contribution in [1.82, 2.24) is 15.0 Å². The number of aromatic nitrogens is 2. The van der Waals surface area contributed by atoms with Crippen molar-refractivity contribution in [2.45, 2.75) is 13.8 Å². The third-order valence-corrected chi connectivity index (χ3v) is 3.20. The van der Waals surface area contributed by atoms with E-state index in [1.165, 1.54) is 0 Å². The Morgan fingerprint density at radius 2 is 2.06 bits per heavy atom. The molecule has 1 amide bonds. The molecule has 0 saturated heterocycles. The van der Waals surface area contributed by atoms with E-state index in [2.05, 4.69) is 20.1 Å². The smallest absolute Gasteiger partial charge is 0.266 e. The van der Waals surface area contributed by atoms with Gasteiger partial charge in [0.15, 0.2) is 0 Å². The molecule has 0 unspecified atom stereocenters. The van der Waals surface area contributed by atoms with Gasteiger partial charge in [0.2, 0.25) is 0 Å². The second-order valence-electron chi connectivity index (χ2n) is 3.69. The topological polar surface area (TPSA) is 67.2 Å². The fourth-order valence-corrected chi connectivity index (χ4v) is 1.92. The van der Waals surface area contributed by atoms with E-state index < -0.39 is 0 Å². The highest BCUT2D eigenvalue weighted by atomic mass is 32.1. The molecule has 6 heteroatoms. The predicted octanol–water partition coefficient (Wildman–Crippen LogP) is 2.00. The summed E-state index contributed by atoms with van der Waals surface area (Å²) in [7, 11) is 0. The van der Waals surface area contributed by atoms with E-state index in [0.717, 1.165) is 22.8 Å². The van der Waals surface area contributed by atoms with Crippen LogP contribution in [0.1, 0.15) is 27.9 Å². The largest absolute Gasteiger partial charge is 0.285 e. The van der Waals surface area contributed by atoms with Crippen LogP contribution in [0.25, 0.3) is 0 Å². The van der Waals surface area contributed by atoms with E-state index in [9.17, 15) is 4.79 Å². The molecule has 18 heavy (non-hydrogen) atoms. The summed E-state index contributed by atoms with van der Waals surface area (Å²) >= 11 is 1.06. The van der Waals surface area contributed by atoms with E-state index in [1.807, 2.05) is 37.3 Å². The van der Waals surface area contributed by atoms with Gasteiger partial charge in [0, 0.05) is 0 Å². The van der Waals surface area contributed by atoms with Gasteiger partial charge in [0.05, 0.1) is 11.4 Å². The average molecular weight is 260 g/mol. The fraction of sp³-hybridized carbons (Fsp3) is 0.167. The number of carbonyl (C=O) groups excluding carboxylic acids is 1. The van der Waals surface area contributed by atoms with Crippen molar-refractivity contribution in [1.29, 1.82) is 0 Å². The molecule has 0 aliphatic rings. The quantitative estimate of drug-likeness (QED) is 0.678. The average Bonchev–Trinajstić information content (AvgIpc) is 2.83. The molecule has 1 aromatic heterocycles.